The summed E-state index contributed by atoms with van der Waals surface area (Å²) in [5.41, 5.74) is 4.82. The van der Waals surface area contributed by atoms with Crippen molar-refractivity contribution in [2.24, 2.45) is 5.10 Å². The Balaban J connectivity index is 1.36. The summed E-state index contributed by atoms with van der Waals surface area (Å²) >= 11 is 3.44. The van der Waals surface area contributed by atoms with Crippen LogP contribution in [0.5, 0.6) is 11.5 Å². The van der Waals surface area contributed by atoms with E-state index in [1.165, 1.54) is 0 Å². The lowest BCUT2D eigenvalue weighted by molar-refractivity contribution is -0.120. The summed E-state index contributed by atoms with van der Waals surface area (Å²) in [7, 11) is 1.56. The van der Waals surface area contributed by atoms with Gasteiger partial charge in [0.15, 0.2) is 0 Å². The first-order valence-corrected chi connectivity index (χ1v) is 12.5. The monoisotopic (exact) mass is 559 g/mol. The lowest BCUT2D eigenvalue weighted by atomic mass is 10.0. The van der Waals surface area contributed by atoms with Crippen molar-refractivity contribution in [2.45, 2.75) is 13.0 Å². The van der Waals surface area contributed by atoms with Crippen LogP contribution in [0, 0.1) is 0 Å². The van der Waals surface area contributed by atoms with Gasteiger partial charge >= 0.3 is 0 Å². The molecule has 0 aliphatic heterocycles. The number of methoxy groups -OCH3 is 1. The molecule has 2 amide bonds. The lowest BCUT2D eigenvalue weighted by Crippen LogP contribution is -2.29. The number of carbonyl (C=O) groups is 2. The SMILES string of the molecule is COc1ccc(C(=O)NCCC(=O)NN=Cc2c(OCc3ccc(Br)cc3)ccc3ccccc23)cc1. The normalized spacial score (nSPS) is 10.9. The van der Waals surface area contributed by atoms with Crippen molar-refractivity contribution < 1.29 is 19.1 Å². The van der Waals surface area contributed by atoms with Crippen molar-refractivity contribution in [3.63, 3.8) is 0 Å². The second kappa shape index (κ2) is 12.7. The van der Waals surface area contributed by atoms with Crippen molar-refractivity contribution in [3.05, 3.63) is 106 Å². The minimum atomic E-state index is -0.316. The van der Waals surface area contributed by atoms with Crippen LogP contribution in [-0.2, 0) is 11.4 Å². The van der Waals surface area contributed by atoms with Crippen LogP contribution in [0.15, 0.2) is 94.5 Å². The van der Waals surface area contributed by atoms with Gasteiger partial charge in [0, 0.05) is 28.6 Å². The van der Waals surface area contributed by atoms with Crippen LogP contribution in [0.4, 0.5) is 0 Å². The highest BCUT2D eigenvalue weighted by Gasteiger charge is 2.09. The first-order chi connectivity index (χ1) is 18.0. The van der Waals surface area contributed by atoms with Crippen molar-refractivity contribution >= 4 is 44.7 Å². The molecule has 0 radical (unpaired) electrons. The predicted octanol–water partition coefficient (Wildman–Crippen LogP) is 5.46. The Hall–Kier alpha value is -4.17. The molecule has 0 bridgehead atoms. The molecule has 0 unspecified atom stereocenters. The highest BCUT2D eigenvalue weighted by Crippen LogP contribution is 2.27. The van der Waals surface area contributed by atoms with Gasteiger partial charge in [0.1, 0.15) is 18.1 Å². The van der Waals surface area contributed by atoms with Gasteiger partial charge in [0.05, 0.1) is 13.3 Å². The number of hydrazone groups is 1. The summed E-state index contributed by atoms with van der Waals surface area (Å²) in [6.45, 7) is 0.578. The summed E-state index contributed by atoms with van der Waals surface area (Å²) in [6.07, 6.45) is 1.68. The van der Waals surface area contributed by atoms with E-state index in [1.54, 1.807) is 37.6 Å². The molecule has 0 fully saturated rings. The van der Waals surface area contributed by atoms with Crippen LogP contribution in [0.3, 0.4) is 0 Å². The zero-order valence-corrected chi connectivity index (χ0v) is 21.8. The van der Waals surface area contributed by atoms with Gasteiger partial charge in [-0.1, -0.05) is 58.4 Å². The van der Waals surface area contributed by atoms with E-state index in [0.717, 1.165) is 26.4 Å². The highest BCUT2D eigenvalue weighted by molar-refractivity contribution is 9.10. The van der Waals surface area contributed by atoms with Crippen LogP contribution >= 0.6 is 15.9 Å². The molecule has 0 aliphatic rings. The molecule has 0 saturated heterocycles. The minimum absolute atomic E-state index is 0.0850. The fourth-order valence-corrected chi connectivity index (χ4v) is 3.90. The molecule has 37 heavy (non-hydrogen) atoms. The first-order valence-electron chi connectivity index (χ1n) is 11.7. The van der Waals surface area contributed by atoms with Gasteiger partial charge in [0.2, 0.25) is 5.91 Å². The molecule has 0 aromatic heterocycles. The second-order valence-electron chi connectivity index (χ2n) is 8.14. The molecule has 0 spiro atoms. The van der Waals surface area contributed by atoms with Gasteiger partial charge in [-0.2, -0.15) is 5.10 Å². The Morgan fingerprint density at radius 3 is 2.46 bits per heavy atom. The van der Waals surface area contributed by atoms with Gasteiger partial charge in [-0.3, -0.25) is 9.59 Å². The Morgan fingerprint density at radius 2 is 1.70 bits per heavy atom. The number of rotatable bonds is 10. The van der Waals surface area contributed by atoms with E-state index in [0.29, 0.717) is 23.7 Å². The Bertz CT molecular complexity index is 1400. The predicted molar refractivity (Wildman–Crippen MR) is 148 cm³/mol. The summed E-state index contributed by atoms with van der Waals surface area (Å²) < 4.78 is 12.2. The molecule has 0 atom stereocenters. The molecular weight excluding hydrogens is 534 g/mol. The first kappa shape index (κ1) is 25.9. The molecule has 4 aromatic rings. The van der Waals surface area contributed by atoms with Crippen LogP contribution in [0.2, 0.25) is 0 Å². The number of benzene rings is 4. The number of halogens is 1. The summed E-state index contributed by atoms with van der Waals surface area (Å²) in [4.78, 5) is 24.5. The summed E-state index contributed by atoms with van der Waals surface area (Å²) in [6, 6.07) is 26.5. The molecule has 0 aliphatic carbocycles. The topological polar surface area (TPSA) is 89.0 Å². The summed E-state index contributed by atoms with van der Waals surface area (Å²) in [5.74, 6) is 0.749. The van der Waals surface area contributed by atoms with Crippen LogP contribution in [0.25, 0.3) is 10.8 Å². The van der Waals surface area contributed by atoms with E-state index in [9.17, 15) is 9.59 Å². The van der Waals surface area contributed by atoms with E-state index >= 15 is 0 Å². The molecule has 2 N–H and O–H groups in total. The maximum atomic E-state index is 12.3. The highest BCUT2D eigenvalue weighted by atomic mass is 79.9. The van der Waals surface area contributed by atoms with E-state index in [4.69, 9.17) is 9.47 Å². The van der Waals surface area contributed by atoms with Crippen LogP contribution < -0.4 is 20.2 Å². The van der Waals surface area contributed by atoms with Crippen LogP contribution in [0.1, 0.15) is 27.9 Å². The Morgan fingerprint density at radius 1 is 0.946 bits per heavy atom. The molecule has 4 rings (SSSR count). The zero-order chi connectivity index (χ0) is 26.0. The van der Waals surface area contributed by atoms with Gasteiger partial charge in [0.25, 0.3) is 5.91 Å². The van der Waals surface area contributed by atoms with Gasteiger partial charge in [-0.15, -0.1) is 0 Å². The van der Waals surface area contributed by atoms with E-state index in [1.807, 2.05) is 60.7 Å². The average molecular weight is 560 g/mol. The van der Waals surface area contributed by atoms with Gasteiger partial charge in [-0.25, -0.2) is 5.43 Å². The number of nitrogens with zero attached hydrogens (tertiary/aromatic N) is 1. The third-order valence-corrected chi connectivity index (χ3v) is 6.14. The third-order valence-electron chi connectivity index (χ3n) is 5.61. The lowest BCUT2D eigenvalue weighted by Gasteiger charge is -2.12. The standard InChI is InChI=1S/C29H26BrN3O4/c1-36-24-13-8-22(9-14-24)29(35)31-17-16-28(34)33-32-18-26-25-5-3-2-4-21(25)10-15-27(26)37-19-20-6-11-23(30)12-7-20/h2-15,18H,16-17,19H2,1H3,(H,31,35)(H,33,34). The number of ether oxygens (including phenoxy) is 2. The molecule has 0 heterocycles. The number of hydrogen-bond donors (Lipinski definition) is 2. The third kappa shape index (κ3) is 7.17. The second-order valence-corrected chi connectivity index (χ2v) is 9.06. The van der Waals surface area contributed by atoms with E-state index < -0.39 is 0 Å². The minimum Gasteiger partial charge on any atom is -0.497 e. The van der Waals surface area contributed by atoms with Crippen LogP contribution in [-0.4, -0.2) is 31.7 Å². The number of nitrogens with one attached hydrogen (secondary N) is 2. The zero-order valence-electron chi connectivity index (χ0n) is 20.2. The van der Waals surface area contributed by atoms with Crippen molar-refractivity contribution in [2.75, 3.05) is 13.7 Å². The van der Waals surface area contributed by atoms with Crippen molar-refractivity contribution in [3.8, 4) is 11.5 Å². The maximum absolute atomic E-state index is 12.3. The molecule has 0 saturated carbocycles. The largest absolute Gasteiger partial charge is 0.497 e. The number of carbonyl (C=O) groups excluding carboxylic acids is 2. The number of fused-ring (bicyclic) bond motifs is 1. The number of hydrogen-bond acceptors (Lipinski definition) is 5. The fourth-order valence-electron chi connectivity index (χ4n) is 3.64. The molecule has 7 nitrogen and oxygen atoms in total. The number of amides is 2. The molecule has 4 aromatic carbocycles. The van der Waals surface area contributed by atoms with Crippen molar-refractivity contribution in [1.82, 2.24) is 10.7 Å². The van der Waals surface area contributed by atoms with E-state index in [2.05, 4.69) is 31.8 Å². The average Bonchev–Trinajstić information content (AvgIpc) is 2.93. The molecular formula is C29H26BrN3O4. The van der Waals surface area contributed by atoms with Gasteiger partial charge in [-0.05, 0) is 58.8 Å². The van der Waals surface area contributed by atoms with Gasteiger partial charge < -0.3 is 14.8 Å². The maximum Gasteiger partial charge on any atom is 0.251 e. The fraction of sp³-hybridized carbons (Fsp3) is 0.138. The Labute approximate surface area is 223 Å². The quantitative estimate of drug-likeness (QED) is 0.199. The van der Waals surface area contributed by atoms with E-state index in [-0.39, 0.29) is 24.8 Å². The molecule has 8 heteroatoms. The molecule has 188 valence electrons. The summed E-state index contributed by atoms with van der Waals surface area (Å²) in [5, 5.41) is 8.88. The smallest absolute Gasteiger partial charge is 0.251 e. The van der Waals surface area contributed by atoms with Crippen molar-refractivity contribution in [1.29, 1.82) is 0 Å². The Kier molecular flexibility index (Phi) is 8.89.